The Bertz CT molecular complexity index is 670. The van der Waals surface area contributed by atoms with E-state index in [2.05, 4.69) is 6.58 Å². The number of hydrogen-bond donors (Lipinski definition) is 1. The predicted molar refractivity (Wildman–Crippen MR) is 73.8 cm³/mol. The molecule has 19 heavy (non-hydrogen) atoms. The van der Waals surface area contributed by atoms with E-state index in [1.54, 1.807) is 12.1 Å². The summed E-state index contributed by atoms with van der Waals surface area (Å²) in [5, 5.41) is 10.4. The second kappa shape index (κ2) is 5.18. The zero-order valence-corrected chi connectivity index (χ0v) is 11.0. The van der Waals surface area contributed by atoms with Crippen molar-refractivity contribution in [1.82, 2.24) is 0 Å². The molecule has 0 fully saturated rings. The van der Waals surface area contributed by atoms with E-state index in [4.69, 9.17) is 9.15 Å². The first-order valence-corrected chi connectivity index (χ1v) is 6.01. The molecule has 4 heteroatoms. The molecule has 2 rings (SSSR count). The van der Waals surface area contributed by atoms with Gasteiger partial charge in [-0.2, -0.15) is 0 Å². The number of allylic oxidation sites excluding steroid dienone is 1. The largest absolute Gasteiger partial charge is 0.504 e. The van der Waals surface area contributed by atoms with Crippen LogP contribution >= 0.6 is 0 Å². The van der Waals surface area contributed by atoms with Crippen molar-refractivity contribution in [3.8, 4) is 11.5 Å². The Labute approximate surface area is 110 Å². The zero-order chi connectivity index (χ0) is 14.0. The molecular formula is C15H16O4. The van der Waals surface area contributed by atoms with Gasteiger partial charge in [0.15, 0.2) is 11.5 Å². The highest BCUT2D eigenvalue weighted by Gasteiger charge is 2.11. The van der Waals surface area contributed by atoms with Crippen molar-refractivity contribution in [2.45, 2.75) is 13.3 Å². The standard InChI is InChI=1S/C15H16O4/c1-4-9(2)5-11-6-10-7-12(16)14(18-3)8-13(10)19-15(11)17/h4,6-9,16H,1,5H2,2-3H3. The van der Waals surface area contributed by atoms with Gasteiger partial charge in [-0.1, -0.05) is 13.0 Å². The zero-order valence-electron chi connectivity index (χ0n) is 11.0. The average Bonchev–Trinajstić information content (AvgIpc) is 2.39. The summed E-state index contributed by atoms with van der Waals surface area (Å²) in [5.41, 5.74) is 0.605. The first kappa shape index (κ1) is 13.2. The van der Waals surface area contributed by atoms with E-state index >= 15 is 0 Å². The highest BCUT2D eigenvalue weighted by Crippen LogP contribution is 2.30. The van der Waals surface area contributed by atoms with Crippen LogP contribution < -0.4 is 10.4 Å². The Morgan fingerprint density at radius 2 is 2.21 bits per heavy atom. The molecule has 1 atom stereocenters. The number of hydrogen-bond acceptors (Lipinski definition) is 4. The Morgan fingerprint density at radius 3 is 2.84 bits per heavy atom. The quantitative estimate of drug-likeness (QED) is 0.678. The van der Waals surface area contributed by atoms with Gasteiger partial charge < -0.3 is 14.3 Å². The summed E-state index contributed by atoms with van der Waals surface area (Å²) >= 11 is 0. The number of aromatic hydroxyl groups is 1. The van der Waals surface area contributed by atoms with Crippen LogP contribution in [-0.2, 0) is 6.42 Å². The lowest BCUT2D eigenvalue weighted by Gasteiger charge is -2.07. The molecule has 0 spiro atoms. The molecule has 0 aliphatic carbocycles. The minimum absolute atomic E-state index is 0.0200. The fraction of sp³-hybridized carbons (Fsp3) is 0.267. The van der Waals surface area contributed by atoms with Gasteiger partial charge in [0.1, 0.15) is 5.58 Å². The number of fused-ring (bicyclic) bond motifs is 1. The van der Waals surface area contributed by atoms with Gasteiger partial charge in [-0.05, 0) is 24.5 Å². The molecule has 100 valence electrons. The Balaban J connectivity index is 2.56. The van der Waals surface area contributed by atoms with Crippen LogP contribution in [0.3, 0.4) is 0 Å². The molecule has 0 aliphatic rings. The Hall–Kier alpha value is -2.23. The number of phenols is 1. The van der Waals surface area contributed by atoms with Crippen molar-refractivity contribution in [2.75, 3.05) is 7.11 Å². The SMILES string of the molecule is C=CC(C)Cc1cc2cc(O)c(OC)cc2oc1=O. The maximum absolute atomic E-state index is 11.9. The van der Waals surface area contributed by atoms with Crippen molar-refractivity contribution in [1.29, 1.82) is 0 Å². The number of methoxy groups -OCH3 is 1. The maximum atomic E-state index is 11.9. The van der Waals surface area contributed by atoms with Crippen molar-refractivity contribution >= 4 is 11.0 Å². The van der Waals surface area contributed by atoms with Crippen LogP contribution in [0.4, 0.5) is 0 Å². The van der Waals surface area contributed by atoms with Gasteiger partial charge in [-0.3, -0.25) is 0 Å². The van der Waals surface area contributed by atoms with Gasteiger partial charge in [0.05, 0.1) is 7.11 Å². The fourth-order valence-corrected chi connectivity index (χ4v) is 1.92. The van der Waals surface area contributed by atoms with Crippen LogP contribution in [0.5, 0.6) is 11.5 Å². The lowest BCUT2D eigenvalue weighted by Crippen LogP contribution is -2.10. The van der Waals surface area contributed by atoms with Crippen LogP contribution in [0, 0.1) is 5.92 Å². The fourth-order valence-electron chi connectivity index (χ4n) is 1.92. The van der Waals surface area contributed by atoms with Crippen LogP contribution in [0.2, 0.25) is 0 Å². The number of phenolic OH excluding ortho intramolecular Hbond substituents is 1. The predicted octanol–water partition coefficient (Wildman–Crippen LogP) is 2.87. The highest BCUT2D eigenvalue weighted by atomic mass is 16.5. The monoisotopic (exact) mass is 260 g/mol. The molecule has 0 amide bonds. The van der Waals surface area contributed by atoms with Crippen LogP contribution in [0.15, 0.2) is 40.1 Å². The van der Waals surface area contributed by atoms with Crippen LogP contribution in [0.25, 0.3) is 11.0 Å². The first-order chi connectivity index (χ1) is 9.05. The van der Waals surface area contributed by atoms with E-state index in [0.29, 0.717) is 23.0 Å². The topological polar surface area (TPSA) is 59.7 Å². The van der Waals surface area contributed by atoms with Crippen LogP contribution in [0.1, 0.15) is 12.5 Å². The summed E-state index contributed by atoms with van der Waals surface area (Å²) in [7, 11) is 1.44. The molecular weight excluding hydrogens is 244 g/mol. The van der Waals surface area contributed by atoms with Crippen LogP contribution in [-0.4, -0.2) is 12.2 Å². The molecule has 0 radical (unpaired) electrons. The van der Waals surface area contributed by atoms with Gasteiger partial charge in [0, 0.05) is 17.0 Å². The minimum atomic E-state index is -0.367. The molecule has 0 aliphatic heterocycles. The highest BCUT2D eigenvalue weighted by molar-refractivity contribution is 5.81. The van der Waals surface area contributed by atoms with E-state index in [1.807, 2.05) is 6.92 Å². The van der Waals surface area contributed by atoms with Crippen molar-refractivity contribution in [2.24, 2.45) is 5.92 Å². The minimum Gasteiger partial charge on any atom is -0.504 e. The summed E-state index contributed by atoms with van der Waals surface area (Å²) in [5.74, 6) is 0.488. The van der Waals surface area contributed by atoms with E-state index < -0.39 is 0 Å². The molecule has 0 saturated heterocycles. The number of benzene rings is 1. The lowest BCUT2D eigenvalue weighted by atomic mass is 10.0. The summed E-state index contributed by atoms with van der Waals surface area (Å²) in [4.78, 5) is 11.9. The first-order valence-electron chi connectivity index (χ1n) is 6.01. The molecule has 1 heterocycles. The normalized spacial score (nSPS) is 12.3. The second-order valence-corrected chi connectivity index (χ2v) is 4.54. The molecule has 4 nitrogen and oxygen atoms in total. The average molecular weight is 260 g/mol. The molecule has 1 N–H and O–H groups in total. The van der Waals surface area contributed by atoms with Gasteiger partial charge in [0.25, 0.3) is 0 Å². The van der Waals surface area contributed by atoms with Crippen molar-refractivity contribution in [3.05, 3.63) is 46.8 Å². The van der Waals surface area contributed by atoms with Crippen molar-refractivity contribution < 1.29 is 14.3 Å². The number of ether oxygens (including phenoxy) is 1. The van der Waals surface area contributed by atoms with Gasteiger partial charge in [-0.15, -0.1) is 6.58 Å². The molecule has 1 unspecified atom stereocenters. The smallest absolute Gasteiger partial charge is 0.339 e. The van der Waals surface area contributed by atoms with Gasteiger partial charge >= 0.3 is 5.63 Å². The molecule has 1 aromatic heterocycles. The third kappa shape index (κ3) is 2.62. The third-order valence-electron chi connectivity index (χ3n) is 3.05. The van der Waals surface area contributed by atoms with E-state index in [1.165, 1.54) is 19.2 Å². The summed E-state index contributed by atoms with van der Waals surface area (Å²) in [6.07, 6.45) is 2.35. The lowest BCUT2D eigenvalue weighted by molar-refractivity contribution is 0.373. The van der Waals surface area contributed by atoms with E-state index in [0.717, 1.165) is 0 Å². The molecule has 1 aromatic carbocycles. The van der Waals surface area contributed by atoms with E-state index in [-0.39, 0.29) is 23.0 Å². The summed E-state index contributed by atoms with van der Waals surface area (Å²) in [6.45, 7) is 5.67. The third-order valence-corrected chi connectivity index (χ3v) is 3.05. The van der Waals surface area contributed by atoms with E-state index in [9.17, 15) is 9.90 Å². The van der Waals surface area contributed by atoms with Gasteiger partial charge in [0.2, 0.25) is 0 Å². The molecule has 2 aromatic rings. The number of rotatable bonds is 4. The Morgan fingerprint density at radius 1 is 1.47 bits per heavy atom. The van der Waals surface area contributed by atoms with Crippen molar-refractivity contribution in [3.63, 3.8) is 0 Å². The summed E-state index contributed by atoms with van der Waals surface area (Å²) < 4.78 is 10.2. The summed E-state index contributed by atoms with van der Waals surface area (Å²) in [6, 6.07) is 4.77. The molecule has 0 saturated carbocycles. The Kier molecular flexibility index (Phi) is 3.60. The molecule has 0 bridgehead atoms. The maximum Gasteiger partial charge on any atom is 0.339 e. The van der Waals surface area contributed by atoms with Gasteiger partial charge in [-0.25, -0.2) is 4.79 Å². The second-order valence-electron chi connectivity index (χ2n) is 4.54.